The van der Waals surface area contributed by atoms with E-state index in [1.165, 1.54) is 32.1 Å². The average Bonchev–Trinajstić information content (AvgIpc) is 2.83. The molecule has 0 bridgehead atoms. The minimum atomic E-state index is 0.608. The number of hydrogen-bond donors (Lipinski definition) is 2. The summed E-state index contributed by atoms with van der Waals surface area (Å²) < 4.78 is 0. The van der Waals surface area contributed by atoms with E-state index in [-0.39, 0.29) is 0 Å². The summed E-state index contributed by atoms with van der Waals surface area (Å²) in [5.74, 6) is 1.97. The first-order valence-electron chi connectivity index (χ1n) is 6.61. The molecular weight excluding hydrogens is 198 g/mol. The van der Waals surface area contributed by atoms with Crippen molar-refractivity contribution in [1.29, 1.82) is 0 Å². The Hall–Kier alpha value is -0.830. The summed E-state index contributed by atoms with van der Waals surface area (Å²) in [6, 6.07) is 0.608. The van der Waals surface area contributed by atoms with Gasteiger partial charge in [-0.25, -0.2) is 4.98 Å². The Morgan fingerprint density at radius 3 is 2.88 bits per heavy atom. The highest BCUT2D eigenvalue weighted by Crippen LogP contribution is 2.27. The summed E-state index contributed by atoms with van der Waals surface area (Å²) in [6.07, 6.45) is 11.8. The van der Waals surface area contributed by atoms with Crippen LogP contribution in [0, 0.1) is 5.92 Å². The molecule has 1 saturated carbocycles. The molecule has 1 unspecified atom stereocenters. The Kier molecular flexibility index (Phi) is 4.40. The van der Waals surface area contributed by atoms with Gasteiger partial charge in [0.2, 0.25) is 0 Å². The van der Waals surface area contributed by atoms with E-state index in [9.17, 15) is 0 Å². The van der Waals surface area contributed by atoms with Crippen molar-refractivity contribution in [1.82, 2.24) is 15.3 Å². The van der Waals surface area contributed by atoms with Crippen LogP contribution in [0.3, 0.4) is 0 Å². The predicted molar refractivity (Wildman–Crippen MR) is 66.3 cm³/mol. The lowest BCUT2D eigenvalue weighted by Gasteiger charge is -2.30. The summed E-state index contributed by atoms with van der Waals surface area (Å²) in [7, 11) is 0. The summed E-state index contributed by atoms with van der Waals surface area (Å²) in [4.78, 5) is 7.55. The van der Waals surface area contributed by atoms with Crippen LogP contribution in [0.5, 0.6) is 0 Å². The first-order chi connectivity index (χ1) is 7.90. The molecule has 0 aromatic carbocycles. The first kappa shape index (κ1) is 11.6. The molecule has 16 heavy (non-hydrogen) atoms. The molecule has 1 heterocycles. The molecule has 0 aliphatic heterocycles. The number of H-pyrrole nitrogens is 1. The van der Waals surface area contributed by atoms with Crippen molar-refractivity contribution in [2.75, 3.05) is 6.54 Å². The average molecular weight is 221 g/mol. The maximum absolute atomic E-state index is 4.34. The molecule has 1 aliphatic rings. The molecule has 1 atom stereocenters. The highest BCUT2D eigenvalue weighted by Gasteiger charge is 2.23. The summed E-state index contributed by atoms with van der Waals surface area (Å²) in [5, 5.41) is 3.63. The maximum Gasteiger partial charge on any atom is 0.107 e. The van der Waals surface area contributed by atoms with Gasteiger partial charge in [0, 0.05) is 24.9 Å². The molecule has 1 aromatic rings. The lowest BCUT2D eigenvalue weighted by Crippen LogP contribution is -2.39. The SMILES string of the molecule is CCNC(Cc1ncc[nH]1)C1CCCCC1. The Labute approximate surface area is 98.1 Å². The largest absolute Gasteiger partial charge is 0.349 e. The Balaban J connectivity index is 1.92. The molecule has 90 valence electrons. The van der Waals surface area contributed by atoms with E-state index in [1.54, 1.807) is 0 Å². The molecule has 3 nitrogen and oxygen atoms in total. The minimum Gasteiger partial charge on any atom is -0.349 e. The molecule has 2 rings (SSSR count). The van der Waals surface area contributed by atoms with Gasteiger partial charge in [0.25, 0.3) is 0 Å². The lowest BCUT2D eigenvalue weighted by atomic mass is 9.82. The van der Waals surface area contributed by atoms with Crippen LogP contribution >= 0.6 is 0 Å². The van der Waals surface area contributed by atoms with Crippen LogP contribution < -0.4 is 5.32 Å². The van der Waals surface area contributed by atoms with Crippen molar-refractivity contribution in [3.8, 4) is 0 Å². The Bertz CT molecular complexity index is 275. The van der Waals surface area contributed by atoms with Crippen LogP contribution in [-0.4, -0.2) is 22.6 Å². The standard InChI is InChI=1S/C13H23N3/c1-2-14-12(10-13-15-8-9-16-13)11-6-4-3-5-7-11/h8-9,11-12,14H,2-7,10H2,1H3,(H,15,16). The number of nitrogens with one attached hydrogen (secondary N) is 2. The van der Waals surface area contributed by atoms with Crippen LogP contribution in [0.1, 0.15) is 44.9 Å². The number of aromatic amines is 1. The molecule has 0 amide bonds. The van der Waals surface area contributed by atoms with Gasteiger partial charge in [0.15, 0.2) is 0 Å². The van der Waals surface area contributed by atoms with Crippen molar-refractivity contribution in [2.45, 2.75) is 51.5 Å². The van der Waals surface area contributed by atoms with Crippen LogP contribution in [-0.2, 0) is 6.42 Å². The molecule has 1 fully saturated rings. The maximum atomic E-state index is 4.34. The monoisotopic (exact) mass is 221 g/mol. The quantitative estimate of drug-likeness (QED) is 0.802. The zero-order chi connectivity index (χ0) is 11.2. The fourth-order valence-electron chi connectivity index (χ4n) is 2.82. The molecule has 3 heteroatoms. The molecule has 2 N–H and O–H groups in total. The van der Waals surface area contributed by atoms with Gasteiger partial charge in [-0.1, -0.05) is 26.2 Å². The summed E-state index contributed by atoms with van der Waals surface area (Å²) >= 11 is 0. The van der Waals surface area contributed by atoms with Crippen LogP contribution in [0.2, 0.25) is 0 Å². The highest BCUT2D eigenvalue weighted by atomic mass is 14.9. The predicted octanol–water partition coefficient (Wildman–Crippen LogP) is 2.51. The number of likely N-dealkylation sites (N-methyl/N-ethyl adjacent to an activating group) is 1. The van der Waals surface area contributed by atoms with Crippen LogP contribution in [0.15, 0.2) is 12.4 Å². The zero-order valence-corrected chi connectivity index (χ0v) is 10.2. The topological polar surface area (TPSA) is 40.7 Å². The number of rotatable bonds is 5. The van der Waals surface area contributed by atoms with Gasteiger partial charge in [0.1, 0.15) is 5.82 Å². The molecule has 1 aliphatic carbocycles. The Morgan fingerprint density at radius 1 is 1.44 bits per heavy atom. The fraction of sp³-hybridized carbons (Fsp3) is 0.769. The molecule has 1 aromatic heterocycles. The smallest absolute Gasteiger partial charge is 0.107 e. The van der Waals surface area contributed by atoms with E-state index in [1.807, 2.05) is 12.4 Å². The van der Waals surface area contributed by atoms with Gasteiger partial charge in [-0.3, -0.25) is 0 Å². The zero-order valence-electron chi connectivity index (χ0n) is 10.2. The lowest BCUT2D eigenvalue weighted by molar-refractivity contribution is 0.267. The molecule has 0 saturated heterocycles. The third kappa shape index (κ3) is 3.08. The van der Waals surface area contributed by atoms with E-state index >= 15 is 0 Å². The first-order valence-corrected chi connectivity index (χ1v) is 6.61. The second-order valence-electron chi connectivity index (χ2n) is 4.80. The number of imidazole rings is 1. The molecular formula is C13H23N3. The van der Waals surface area contributed by atoms with E-state index in [0.717, 1.165) is 24.7 Å². The molecule has 0 spiro atoms. The fourth-order valence-corrected chi connectivity index (χ4v) is 2.82. The highest BCUT2D eigenvalue weighted by molar-refractivity contribution is 4.93. The van der Waals surface area contributed by atoms with E-state index in [0.29, 0.717) is 6.04 Å². The van der Waals surface area contributed by atoms with Gasteiger partial charge in [0.05, 0.1) is 0 Å². The number of hydrogen-bond acceptors (Lipinski definition) is 2. The number of nitrogens with zero attached hydrogens (tertiary/aromatic N) is 1. The van der Waals surface area contributed by atoms with Crippen molar-refractivity contribution in [3.63, 3.8) is 0 Å². The number of aromatic nitrogens is 2. The van der Waals surface area contributed by atoms with E-state index < -0.39 is 0 Å². The third-order valence-corrected chi connectivity index (χ3v) is 3.65. The van der Waals surface area contributed by atoms with Gasteiger partial charge in [-0.15, -0.1) is 0 Å². The third-order valence-electron chi connectivity index (χ3n) is 3.65. The van der Waals surface area contributed by atoms with Crippen molar-refractivity contribution < 1.29 is 0 Å². The van der Waals surface area contributed by atoms with Crippen molar-refractivity contribution in [2.24, 2.45) is 5.92 Å². The van der Waals surface area contributed by atoms with Crippen LogP contribution in [0.4, 0.5) is 0 Å². The van der Waals surface area contributed by atoms with E-state index in [4.69, 9.17) is 0 Å². The summed E-state index contributed by atoms with van der Waals surface area (Å²) in [6.45, 7) is 3.25. The van der Waals surface area contributed by atoms with Gasteiger partial charge in [-0.05, 0) is 25.3 Å². The van der Waals surface area contributed by atoms with E-state index in [2.05, 4.69) is 22.2 Å². The molecule has 0 radical (unpaired) electrons. The second kappa shape index (κ2) is 6.04. The summed E-state index contributed by atoms with van der Waals surface area (Å²) in [5.41, 5.74) is 0. The minimum absolute atomic E-state index is 0.608. The van der Waals surface area contributed by atoms with Gasteiger partial charge in [-0.2, -0.15) is 0 Å². The van der Waals surface area contributed by atoms with Gasteiger partial charge < -0.3 is 10.3 Å². The Morgan fingerprint density at radius 2 is 2.25 bits per heavy atom. The normalized spacial score (nSPS) is 19.8. The van der Waals surface area contributed by atoms with Gasteiger partial charge >= 0.3 is 0 Å². The second-order valence-corrected chi connectivity index (χ2v) is 4.80. The van der Waals surface area contributed by atoms with Crippen LogP contribution in [0.25, 0.3) is 0 Å². The van der Waals surface area contributed by atoms with Crippen molar-refractivity contribution >= 4 is 0 Å². The van der Waals surface area contributed by atoms with Crippen molar-refractivity contribution in [3.05, 3.63) is 18.2 Å².